The fourth-order valence-electron chi connectivity index (χ4n) is 2.17. The predicted molar refractivity (Wildman–Crippen MR) is 75.2 cm³/mol. The van der Waals surface area contributed by atoms with Gasteiger partial charge in [0, 0.05) is 25.0 Å². The number of rotatable bonds is 10. The molecule has 1 heterocycles. The highest BCUT2D eigenvalue weighted by Gasteiger charge is 1.97. The molecule has 0 aliphatic carbocycles. The molecule has 2 heteroatoms. The third-order valence-electron chi connectivity index (χ3n) is 3.28. The average molecular weight is 236 g/mol. The topological polar surface area (TPSA) is 17.0 Å². The Hall–Kier alpha value is -0.760. The minimum absolute atomic E-state index is 1.01. The summed E-state index contributed by atoms with van der Waals surface area (Å²) >= 11 is 0. The predicted octanol–water partition coefficient (Wildman–Crippen LogP) is 3.96. The van der Waals surface area contributed by atoms with Gasteiger partial charge in [-0.2, -0.15) is 0 Å². The third kappa shape index (κ3) is 5.92. The molecule has 0 aromatic carbocycles. The zero-order valence-electron chi connectivity index (χ0n) is 11.5. The van der Waals surface area contributed by atoms with Crippen LogP contribution in [0.1, 0.15) is 58.1 Å². The van der Waals surface area contributed by atoms with Crippen LogP contribution in [0.5, 0.6) is 0 Å². The minimum atomic E-state index is 1.01. The Morgan fingerprint density at radius 1 is 1.06 bits per heavy atom. The summed E-state index contributed by atoms with van der Waals surface area (Å²) in [5.74, 6) is 0. The Balaban J connectivity index is 1.97. The fourth-order valence-corrected chi connectivity index (χ4v) is 2.17. The van der Waals surface area contributed by atoms with Crippen LogP contribution in [0.2, 0.25) is 0 Å². The van der Waals surface area contributed by atoms with Crippen molar-refractivity contribution >= 4 is 0 Å². The van der Waals surface area contributed by atoms with Gasteiger partial charge in [0.1, 0.15) is 0 Å². The quantitative estimate of drug-likeness (QED) is 0.608. The highest BCUT2D eigenvalue weighted by molar-refractivity contribution is 5.06. The molecule has 1 aromatic rings. The Bertz CT molecular complexity index is 278. The van der Waals surface area contributed by atoms with Crippen LogP contribution in [-0.4, -0.2) is 11.1 Å². The molecule has 2 nitrogen and oxygen atoms in total. The molecule has 0 radical (unpaired) electrons. The molecule has 0 spiro atoms. The van der Waals surface area contributed by atoms with E-state index in [1.165, 1.54) is 44.2 Å². The highest BCUT2D eigenvalue weighted by Crippen LogP contribution is 2.05. The van der Waals surface area contributed by atoms with Crippen molar-refractivity contribution in [3.8, 4) is 0 Å². The zero-order valence-corrected chi connectivity index (χ0v) is 11.5. The number of aryl methyl sites for hydroxylation is 1. The van der Waals surface area contributed by atoms with Gasteiger partial charge in [0.15, 0.2) is 0 Å². The number of nitrogens with zero attached hydrogens (tertiary/aromatic N) is 1. The average Bonchev–Trinajstić information content (AvgIpc) is 2.80. The molecule has 1 aromatic heterocycles. The van der Waals surface area contributed by atoms with E-state index in [1.54, 1.807) is 0 Å². The molecule has 0 saturated carbocycles. The van der Waals surface area contributed by atoms with E-state index < -0.39 is 0 Å². The van der Waals surface area contributed by atoms with E-state index in [0.717, 1.165) is 19.6 Å². The van der Waals surface area contributed by atoms with Crippen molar-refractivity contribution in [2.45, 2.75) is 65.5 Å². The largest absolute Gasteiger partial charge is 0.351 e. The van der Waals surface area contributed by atoms with E-state index in [9.17, 15) is 0 Å². The van der Waals surface area contributed by atoms with E-state index in [1.807, 2.05) is 0 Å². The van der Waals surface area contributed by atoms with Gasteiger partial charge in [0.25, 0.3) is 0 Å². The SMILES string of the molecule is CCCCCCCCNCc1cccn1CC. The Kier molecular flexibility index (Phi) is 7.81. The number of hydrogen-bond acceptors (Lipinski definition) is 1. The van der Waals surface area contributed by atoms with Gasteiger partial charge in [0.2, 0.25) is 0 Å². The van der Waals surface area contributed by atoms with Gasteiger partial charge in [0.05, 0.1) is 0 Å². The van der Waals surface area contributed by atoms with Gasteiger partial charge in [-0.05, 0) is 32.0 Å². The molecule has 0 atom stereocenters. The molecule has 0 unspecified atom stereocenters. The fraction of sp³-hybridized carbons (Fsp3) is 0.733. The van der Waals surface area contributed by atoms with E-state index in [0.29, 0.717) is 0 Å². The van der Waals surface area contributed by atoms with Crippen molar-refractivity contribution in [3.05, 3.63) is 24.0 Å². The van der Waals surface area contributed by atoms with Crippen molar-refractivity contribution in [2.24, 2.45) is 0 Å². The van der Waals surface area contributed by atoms with E-state index in [4.69, 9.17) is 0 Å². The monoisotopic (exact) mass is 236 g/mol. The van der Waals surface area contributed by atoms with Crippen molar-refractivity contribution in [1.82, 2.24) is 9.88 Å². The zero-order chi connectivity index (χ0) is 12.3. The Labute approximate surface area is 106 Å². The highest BCUT2D eigenvalue weighted by atomic mass is 15.0. The number of hydrogen-bond donors (Lipinski definition) is 1. The lowest BCUT2D eigenvalue weighted by molar-refractivity contribution is 0.560. The van der Waals surface area contributed by atoms with Gasteiger partial charge >= 0.3 is 0 Å². The van der Waals surface area contributed by atoms with E-state index in [2.05, 4.69) is 42.1 Å². The molecule has 0 bridgehead atoms. The molecule has 0 saturated heterocycles. The number of aromatic nitrogens is 1. The van der Waals surface area contributed by atoms with Crippen LogP contribution in [0.3, 0.4) is 0 Å². The van der Waals surface area contributed by atoms with Crippen LogP contribution in [0.25, 0.3) is 0 Å². The summed E-state index contributed by atoms with van der Waals surface area (Å²) in [7, 11) is 0. The molecule has 1 N–H and O–H groups in total. The van der Waals surface area contributed by atoms with E-state index >= 15 is 0 Å². The van der Waals surface area contributed by atoms with Gasteiger partial charge in [-0.3, -0.25) is 0 Å². The Morgan fingerprint density at radius 2 is 1.82 bits per heavy atom. The lowest BCUT2D eigenvalue weighted by atomic mass is 10.1. The summed E-state index contributed by atoms with van der Waals surface area (Å²) in [5, 5.41) is 3.53. The maximum Gasteiger partial charge on any atom is 0.0359 e. The molecule has 0 amide bonds. The van der Waals surface area contributed by atoms with E-state index in [-0.39, 0.29) is 0 Å². The molecular weight excluding hydrogens is 208 g/mol. The Morgan fingerprint density at radius 3 is 2.59 bits per heavy atom. The maximum absolute atomic E-state index is 3.53. The first-order valence-electron chi connectivity index (χ1n) is 7.23. The number of nitrogens with one attached hydrogen (secondary N) is 1. The van der Waals surface area contributed by atoms with Crippen LogP contribution in [-0.2, 0) is 13.1 Å². The van der Waals surface area contributed by atoms with Gasteiger partial charge < -0.3 is 9.88 Å². The lowest BCUT2D eigenvalue weighted by Gasteiger charge is -2.08. The normalized spacial score (nSPS) is 10.9. The van der Waals surface area contributed by atoms with Gasteiger partial charge in [-0.15, -0.1) is 0 Å². The van der Waals surface area contributed by atoms with Crippen molar-refractivity contribution < 1.29 is 0 Å². The van der Waals surface area contributed by atoms with Crippen LogP contribution in [0.15, 0.2) is 18.3 Å². The second kappa shape index (κ2) is 9.29. The molecule has 0 fully saturated rings. The molecule has 0 aliphatic heterocycles. The second-order valence-corrected chi connectivity index (χ2v) is 4.73. The van der Waals surface area contributed by atoms with Crippen LogP contribution < -0.4 is 5.32 Å². The summed E-state index contributed by atoms with van der Waals surface area (Å²) < 4.78 is 2.30. The molecule has 1 rings (SSSR count). The summed E-state index contributed by atoms with van der Waals surface area (Å²) in [6.07, 6.45) is 10.4. The first-order chi connectivity index (χ1) is 8.38. The smallest absolute Gasteiger partial charge is 0.0359 e. The maximum atomic E-state index is 3.53. The van der Waals surface area contributed by atoms with Gasteiger partial charge in [-0.1, -0.05) is 39.0 Å². The number of unbranched alkanes of at least 4 members (excludes halogenated alkanes) is 5. The first kappa shape index (κ1) is 14.3. The standard InChI is InChI=1S/C15H28N2/c1-3-5-6-7-8-9-12-16-14-15-11-10-13-17(15)4-2/h10-11,13,16H,3-9,12,14H2,1-2H3. The first-order valence-corrected chi connectivity index (χ1v) is 7.23. The summed E-state index contributed by atoms with van der Waals surface area (Å²) in [6, 6.07) is 4.34. The van der Waals surface area contributed by atoms with Crippen molar-refractivity contribution in [1.29, 1.82) is 0 Å². The van der Waals surface area contributed by atoms with Crippen LogP contribution >= 0.6 is 0 Å². The summed E-state index contributed by atoms with van der Waals surface area (Å²) in [5.41, 5.74) is 1.40. The summed E-state index contributed by atoms with van der Waals surface area (Å²) in [4.78, 5) is 0. The molecular formula is C15H28N2. The van der Waals surface area contributed by atoms with Crippen molar-refractivity contribution in [3.63, 3.8) is 0 Å². The molecule has 0 aliphatic rings. The molecule has 98 valence electrons. The minimum Gasteiger partial charge on any atom is -0.351 e. The second-order valence-electron chi connectivity index (χ2n) is 4.73. The van der Waals surface area contributed by atoms with Crippen molar-refractivity contribution in [2.75, 3.05) is 6.54 Å². The van der Waals surface area contributed by atoms with Gasteiger partial charge in [-0.25, -0.2) is 0 Å². The lowest BCUT2D eigenvalue weighted by Crippen LogP contribution is -2.17. The third-order valence-corrected chi connectivity index (χ3v) is 3.28. The van der Waals surface area contributed by atoms with Crippen LogP contribution in [0.4, 0.5) is 0 Å². The summed E-state index contributed by atoms with van der Waals surface area (Å²) in [6.45, 7) is 7.69. The molecule has 17 heavy (non-hydrogen) atoms. The van der Waals surface area contributed by atoms with Crippen LogP contribution in [0, 0.1) is 0 Å².